The predicted molar refractivity (Wildman–Crippen MR) is 79.7 cm³/mol. The van der Waals surface area contributed by atoms with E-state index in [1.54, 1.807) is 57.5 Å². The van der Waals surface area contributed by atoms with Crippen molar-refractivity contribution in [3.63, 3.8) is 0 Å². The van der Waals surface area contributed by atoms with Crippen LogP contribution in [0.3, 0.4) is 0 Å². The van der Waals surface area contributed by atoms with Crippen molar-refractivity contribution in [1.82, 2.24) is 0 Å². The molecule has 2 aromatic carbocycles. The summed E-state index contributed by atoms with van der Waals surface area (Å²) in [6.07, 6.45) is 0. The zero-order chi connectivity index (χ0) is 14.8. The molecule has 0 heterocycles. The summed E-state index contributed by atoms with van der Waals surface area (Å²) in [6.45, 7) is 1.70. The van der Waals surface area contributed by atoms with Crippen LogP contribution in [0.2, 0.25) is 5.02 Å². The molecule has 4 heteroatoms. The Morgan fingerprint density at radius 2 is 1.45 bits per heavy atom. The predicted octanol–water partition coefficient (Wildman–Crippen LogP) is 3.61. The van der Waals surface area contributed by atoms with Crippen molar-refractivity contribution in [1.29, 1.82) is 0 Å². The standard InChI is InChI=1S/C16H17ClO3/c1-16(18,11-7-9-12(17)10-8-11)15-13(19-2)5-4-6-14(15)20-3/h4-10,18H,1-3H3. The molecule has 2 rings (SSSR count). The first-order valence-electron chi connectivity index (χ1n) is 6.20. The van der Waals surface area contributed by atoms with E-state index in [2.05, 4.69) is 0 Å². The lowest BCUT2D eigenvalue weighted by Gasteiger charge is -2.28. The SMILES string of the molecule is COc1cccc(OC)c1C(C)(O)c1ccc(Cl)cc1. The van der Waals surface area contributed by atoms with E-state index in [4.69, 9.17) is 21.1 Å². The van der Waals surface area contributed by atoms with Crippen molar-refractivity contribution in [3.05, 3.63) is 58.6 Å². The molecule has 0 saturated carbocycles. The first-order valence-corrected chi connectivity index (χ1v) is 6.58. The van der Waals surface area contributed by atoms with Gasteiger partial charge in [0.15, 0.2) is 0 Å². The van der Waals surface area contributed by atoms with Crippen LogP contribution in [-0.4, -0.2) is 19.3 Å². The Balaban J connectivity index is 2.61. The molecule has 1 unspecified atom stereocenters. The summed E-state index contributed by atoms with van der Waals surface area (Å²) >= 11 is 5.89. The minimum Gasteiger partial charge on any atom is -0.496 e. The van der Waals surface area contributed by atoms with E-state index in [0.717, 1.165) is 0 Å². The molecule has 0 aliphatic rings. The Kier molecular flexibility index (Phi) is 4.21. The number of halogens is 1. The number of benzene rings is 2. The van der Waals surface area contributed by atoms with E-state index in [-0.39, 0.29) is 0 Å². The molecule has 3 nitrogen and oxygen atoms in total. The molecule has 2 aromatic rings. The maximum absolute atomic E-state index is 11.0. The second kappa shape index (κ2) is 5.73. The topological polar surface area (TPSA) is 38.7 Å². The van der Waals surface area contributed by atoms with Crippen LogP contribution in [0.15, 0.2) is 42.5 Å². The molecule has 0 aliphatic carbocycles. The van der Waals surface area contributed by atoms with Crippen molar-refractivity contribution in [2.45, 2.75) is 12.5 Å². The quantitative estimate of drug-likeness (QED) is 0.935. The highest BCUT2D eigenvalue weighted by Gasteiger charge is 2.32. The fraction of sp³-hybridized carbons (Fsp3) is 0.250. The van der Waals surface area contributed by atoms with Gasteiger partial charge in [0.25, 0.3) is 0 Å². The largest absolute Gasteiger partial charge is 0.496 e. The maximum atomic E-state index is 11.0. The lowest BCUT2D eigenvalue weighted by atomic mass is 9.87. The fourth-order valence-corrected chi connectivity index (χ4v) is 2.38. The van der Waals surface area contributed by atoms with E-state index >= 15 is 0 Å². The van der Waals surface area contributed by atoms with Gasteiger partial charge in [0, 0.05) is 5.02 Å². The van der Waals surface area contributed by atoms with Gasteiger partial charge in [0.2, 0.25) is 0 Å². The molecule has 0 aromatic heterocycles. The normalized spacial score (nSPS) is 13.7. The molecule has 0 amide bonds. The first-order chi connectivity index (χ1) is 9.50. The van der Waals surface area contributed by atoms with Gasteiger partial charge in [-0.15, -0.1) is 0 Å². The zero-order valence-corrected chi connectivity index (χ0v) is 12.4. The van der Waals surface area contributed by atoms with E-state index in [0.29, 0.717) is 27.6 Å². The lowest BCUT2D eigenvalue weighted by Crippen LogP contribution is -2.24. The van der Waals surface area contributed by atoms with Crippen LogP contribution in [-0.2, 0) is 5.60 Å². The molecule has 0 fully saturated rings. The highest BCUT2D eigenvalue weighted by molar-refractivity contribution is 6.30. The summed E-state index contributed by atoms with van der Waals surface area (Å²) in [5.74, 6) is 1.15. The smallest absolute Gasteiger partial charge is 0.129 e. The van der Waals surface area contributed by atoms with E-state index < -0.39 is 5.60 Å². The highest BCUT2D eigenvalue weighted by atomic mass is 35.5. The fourth-order valence-electron chi connectivity index (χ4n) is 2.25. The number of hydrogen-bond acceptors (Lipinski definition) is 3. The third-order valence-corrected chi connectivity index (χ3v) is 3.57. The van der Waals surface area contributed by atoms with Crippen LogP contribution in [0.5, 0.6) is 11.5 Å². The Hall–Kier alpha value is -1.71. The highest BCUT2D eigenvalue weighted by Crippen LogP contribution is 2.41. The van der Waals surface area contributed by atoms with Crippen LogP contribution in [0.1, 0.15) is 18.1 Å². The van der Waals surface area contributed by atoms with Crippen LogP contribution in [0.25, 0.3) is 0 Å². The van der Waals surface area contributed by atoms with E-state index in [1.165, 1.54) is 0 Å². The van der Waals surface area contributed by atoms with Gasteiger partial charge in [-0.3, -0.25) is 0 Å². The lowest BCUT2D eigenvalue weighted by molar-refractivity contribution is 0.0956. The Morgan fingerprint density at radius 3 is 1.90 bits per heavy atom. The third kappa shape index (κ3) is 2.60. The zero-order valence-electron chi connectivity index (χ0n) is 11.7. The Morgan fingerprint density at radius 1 is 0.950 bits per heavy atom. The van der Waals surface area contributed by atoms with Crippen LogP contribution in [0, 0.1) is 0 Å². The number of aliphatic hydroxyl groups is 1. The Labute approximate surface area is 123 Å². The van der Waals surface area contributed by atoms with Crippen LogP contribution < -0.4 is 9.47 Å². The van der Waals surface area contributed by atoms with Crippen molar-refractivity contribution >= 4 is 11.6 Å². The molecule has 0 saturated heterocycles. The van der Waals surface area contributed by atoms with Crippen LogP contribution >= 0.6 is 11.6 Å². The molecule has 0 bridgehead atoms. The molecule has 0 radical (unpaired) electrons. The molecule has 0 spiro atoms. The van der Waals surface area contributed by atoms with Crippen molar-refractivity contribution in [2.75, 3.05) is 14.2 Å². The summed E-state index contributed by atoms with van der Waals surface area (Å²) in [7, 11) is 3.13. The van der Waals surface area contributed by atoms with E-state index in [1.807, 2.05) is 6.07 Å². The van der Waals surface area contributed by atoms with Gasteiger partial charge in [0.1, 0.15) is 17.1 Å². The first kappa shape index (κ1) is 14.7. The molecule has 20 heavy (non-hydrogen) atoms. The second-order valence-corrected chi connectivity index (χ2v) is 5.05. The molecular weight excluding hydrogens is 276 g/mol. The monoisotopic (exact) mass is 292 g/mol. The van der Waals surface area contributed by atoms with Crippen molar-refractivity contribution < 1.29 is 14.6 Å². The van der Waals surface area contributed by atoms with Crippen LogP contribution in [0.4, 0.5) is 0 Å². The second-order valence-electron chi connectivity index (χ2n) is 4.62. The van der Waals surface area contributed by atoms with Gasteiger partial charge < -0.3 is 14.6 Å². The van der Waals surface area contributed by atoms with Crippen molar-refractivity contribution in [3.8, 4) is 11.5 Å². The van der Waals surface area contributed by atoms with Gasteiger partial charge in [-0.25, -0.2) is 0 Å². The minimum absolute atomic E-state index is 0.573. The van der Waals surface area contributed by atoms with Gasteiger partial charge in [-0.2, -0.15) is 0 Å². The number of ether oxygens (including phenoxy) is 2. The van der Waals surface area contributed by atoms with Gasteiger partial charge in [-0.05, 0) is 36.8 Å². The summed E-state index contributed by atoms with van der Waals surface area (Å²) in [6, 6.07) is 12.5. The molecular formula is C16H17ClO3. The van der Waals surface area contributed by atoms with Gasteiger partial charge in [0.05, 0.1) is 19.8 Å². The van der Waals surface area contributed by atoms with Gasteiger partial charge >= 0.3 is 0 Å². The molecule has 106 valence electrons. The molecule has 0 aliphatic heterocycles. The maximum Gasteiger partial charge on any atom is 0.129 e. The van der Waals surface area contributed by atoms with Crippen molar-refractivity contribution in [2.24, 2.45) is 0 Å². The summed E-state index contributed by atoms with van der Waals surface area (Å²) < 4.78 is 10.7. The average molecular weight is 293 g/mol. The summed E-state index contributed by atoms with van der Waals surface area (Å²) in [4.78, 5) is 0. The van der Waals surface area contributed by atoms with E-state index in [9.17, 15) is 5.11 Å². The molecule has 1 atom stereocenters. The summed E-state index contributed by atoms with van der Waals surface area (Å²) in [5, 5.41) is 11.6. The van der Waals surface area contributed by atoms with Gasteiger partial charge in [-0.1, -0.05) is 29.8 Å². The summed E-state index contributed by atoms with van der Waals surface area (Å²) in [5.41, 5.74) is 0.0553. The third-order valence-electron chi connectivity index (χ3n) is 3.32. The average Bonchev–Trinajstić information content (AvgIpc) is 2.46. The number of methoxy groups -OCH3 is 2. The number of hydrogen-bond donors (Lipinski definition) is 1. The minimum atomic E-state index is -1.25. The molecule has 1 N–H and O–H groups in total. The Bertz CT molecular complexity index is 569. The number of rotatable bonds is 4.